The van der Waals surface area contributed by atoms with Crippen LogP contribution in [0.15, 0.2) is 76.3 Å². The van der Waals surface area contributed by atoms with Gasteiger partial charge in [0.2, 0.25) is 0 Å². The number of hydrogen-bond donors (Lipinski definition) is 3. The minimum absolute atomic E-state index is 0.157. The lowest BCUT2D eigenvalue weighted by molar-refractivity contribution is -0.118. The molecule has 7 nitrogen and oxygen atoms in total. The Morgan fingerprint density at radius 1 is 0.969 bits per heavy atom. The second-order valence-electron chi connectivity index (χ2n) is 7.03. The van der Waals surface area contributed by atoms with Gasteiger partial charge in [-0.15, -0.1) is 0 Å². The Kier molecular flexibility index (Phi) is 7.99. The lowest BCUT2D eigenvalue weighted by Gasteiger charge is -2.10. The molecule has 8 heteroatoms. The van der Waals surface area contributed by atoms with Gasteiger partial charge >= 0.3 is 6.03 Å². The van der Waals surface area contributed by atoms with Gasteiger partial charge in [-0.2, -0.15) is 5.10 Å². The molecule has 0 saturated heterocycles. The van der Waals surface area contributed by atoms with Crippen molar-refractivity contribution in [1.82, 2.24) is 5.43 Å². The van der Waals surface area contributed by atoms with E-state index in [1.54, 1.807) is 24.3 Å². The molecule has 3 amide bonds. The van der Waals surface area contributed by atoms with Crippen LogP contribution >= 0.6 is 15.9 Å². The highest BCUT2D eigenvalue weighted by Gasteiger charge is 2.07. The Labute approximate surface area is 195 Å². The third kappa shape index (κ3) is 6.95. The molecule has 0 aliphatic rings. The number of hydrazone groups is 1. The Morgan fingerprint density at radius 2 is 1.69 bits per heavy atom. The number of aryl methyl sites for hydroxylation is 2. The second kappa shape index (κ2) is 11.1. The topological polar surface area (TPSA) is 91.8 Å². The molecule has 0 aromatic heterocycles. The van der Waals surface area contributed by atoms with Gasteiger partial charge in [0, 0.05) is 21.4 Å². The highest BCUT2D eigenvalue weighted by Crippen LogP contribution is 2.20. The monoisotopic (exact) mass is 494 g/mol. The predicted molar refractivity (Wildman–Crippen MR) is 130 cm³/mol. The van der Waals surface area contributed by atoms with Crippen LogP contribution in [0.2, 0.25) is 0 Å². The molecule has 164 valence electrons. The van der Waals surface area contributed by atoms with Crippen molar-refractivity contribution in [2.75, 3.05) is 17.2 Å². The number of ether oxygens (including phenoxy) is 1. The zero-order valence-corrected chi connectivity index (χ0v) is 19.3. The zero-order chi connectivity index (χ0) is 22.9. The first kappa shape index (κ1) is 23.0. The zero-order valence-electron chi connectivity index (χ0n) is 17.7. The van der Waals surface area contributed by atoms with E-state index in [9.17, 15) is 9.59 Å². The fraction of sp³-hybridized carbons (Fsp3) is 0.125. The number of halogens is 1. The standard InChI is InChI=1S/C24H23BrN4O3/c1-16-7-9-19(10-8-16)27-23(30)15-32-22-6-4-3-5-18(22)14-26-29-24(31)28-20-11-12-21(25)17(2)13-20/h3-14H,15H2,1-2H3,(H,27,30)(H2,28,29,31)/b26-14+. The number of para-hydroxylation sites is 1. The van der Waals surface area contributed by atoms with E-state index in [4.69, 9.17) is 4.74 Å². The summed E-state index contributed by atoms with van der Waals surface area (Å²) < 4.78 is 6.60. The van der Waals surface area contributed by atoms with Crippen LogP contribution in [0.1, 0.15) is 16.7 Å². The molecule has 0 unspecified atom stereocenters. The van der Waals surface area contributed by atoms with E-state index in [0.717, 1.165) is 15.6 Å². The predicted octanol–water partition coefficient (Wildman–Crippen LogP) is 5.24. The molecule has 0 bridgehead atoms. The SMILES string of the molecule is Cc1ccc(NC(=O)COc2ccccc2/C=N/NC(=O)Nc2ccc(Br)c(C)c2)cc1. The number of hydrogen-bond acceptors (Lipinski definition) is 4. The van der Waals surface area contributed by atoms with Crippen molar-refractivity contribution in [2.24, 2.45) is 5.10 Å². The Balaban J connectivity index is 1.53. The molecule has 3 N–H and O–H groups in total. The highest BCUT2D eigenvalue weighted by atomic mass is 79.9. The summed E-state index contributed by atoms with van der Waals surface area (Å²) >= 11 is 3.42. The number of nitrogens with one attached hydrogen (secondary N) is 3. The average Bonchev–Trinajstić information content (AvgIpc) is 2.77. The van der Waals surface area contributed by atoms with Crippen LogP contribution in [0.4, 0.5) is 16.2 Å². The summed E-state index contributed by atoms with van der Waals surface area (Å²) in [5.41, 5.74) is 6.51. The molecule has 3 aromatic rings. The lowest BCUT2D eigenvalue weighted by Crippen LogP contribution is -2.24. The number of carbonyl (C=O) groups is 2. The van der Waals surface area contributed by atoms with Gasteiger partial charge in [0.05, 0.1) is 6.21 Å². The van der Waals surface area contributed by atoms with Crippen LogP contribution in [0, 0.1) is 13.8 Å². The Bertz CT molecular complexity index is 1130. The first-order valence-electron chi connectivity index (χ1n) is 9.85. The summed E-state index contributed by atoms with van der Waals surface area (Å²) in [5, 5.41) is 9.45. The van der Waals surface area contributed by atoms with Gasteiger partial charge in [0.1, 0.15) is 5.75 Å². The molecule has 0 fully saturated rings. The molecule has 0 saturated carbocycles. The first-order valence-corrected chi connectivity index (χ1v) is 10.6. The number of benzene rings is 3. The normalized spacial score (nSPS) is 10.6. The fourth-order valence-electron chi connectivity index (χ4n) is 2.74. The summed E-state index contributed by atoms with van der Waals surface area (Å²) in [4.78, 5) is 24.2. The maximum Gasteiger partial charge on any atom is 0.339 e. The number of carbonyl (C=O) groups excluding carboxylic acids is 2. The molecule has 0 spiro atoms. The summed E-state index contributed by atoms with van der Waals surface area (Å²) in [6.45, 7) is 3.76. The van der Waals surface area contributed by atoms with Gasteiger partial charge in [-0.25, -0.2) is 10.2 Å². The van der Waals surface area contributed by atoms with E-state index in [0.29, 0.717) is 22.7 Å². The van der Waals surface area contributed by atoms with Crippen molar-refractivity contribution in [3.63, 3.8) is 0 Å². The van der Waals surface area contributed by atoms with Gasteiger partial charge in [0.25, 0.3) is 5.91 Å². The Morgan fingerprint density at radius 3 is 2.44 bits per heavy atom. The van der Waals surface area contributed by atoms with Crippen molar-refractivity contribution < 1.29 is 14.3 Å². The number of anilines is 2. The van der Waals surface area contributed by atoms with Crippen molar-refractivity contribution in [1.29, 1.82) is 0 Å². The van der Waals surface area contributed by atoms with E-state index in [-0.39, 0.29) is 12.5 Å². The fourth-order valence-corrected chi connectivity index (χ4v) is 2.98. The first-order chi connectivity index (χ1) is 15.4. The number of amides is 3. The third-order valence-corrected chi connectivity index (χ3v) is 5.29. The van der Waals surface area contributed by atoms with Crippen LogP contribution < -0.4 is 20.8 Å². The maximum absolute atomic E-state index is 12.2. The maximum atomic E-state index is 12.2. The molecule has 0 radical (unpaired) electrons. The molecule has 3 aromatic carbocycles. The number of rotatable bonds is 7. The molecular formula is C24H23BrN4O3. The van der Waals surface area contributed by atoms with Gasteiger partial charge < -0.3 is 15.4 Å². The summed E-state index contributed by atoms with van der Waals surface area (Å²) in [6, 6.07) is 19.6. The molecular weight excluding hydrogens is 472 g/mol. The minimum atomic E-state index is -0.473. The van der Waals surface area contributed by atoms with E-state index in [2.05, 4.69) is 37.1 Å². The largest absolute Gasteiger partial charge is 0.483 e. The van der Waals surface area contributed by atoms with Crippen LogP contribution in [-0.4, -0.2) is 24.8 Å². The average molecular weight is 495 g/mol. The lowest BCUT2D eigenvalue weighted by atomic mass is 10.2. The van der Waals surface area contributed by atoms with Crippen LogP contribution in [0.3, 0.4) is 0 Å². The van der Waals surface area contributed by atoms with E-state index >= 15 is 0 Å². The summed E-state index contributed by atoms with van der Waals surface area (Å²) in [6.07, 6.45) is 1.46. The van der Waals surface area contributed by atoms with E-state index in [1.165, 1.54) is 6.21 Å². The van der Waals surface area contributed by atoms with Crippen LogP contribution in [0.25, 0.3) is 0 Å². The van der Waals surface area contributed by atoms with Crippen molar-refractivity contribution in [2.45, 2.75) is 13.8 Å². The van der Waals surface area contributed by atoms with Gasteiger partial charge in [-0.1, -0.05) is 45.8 Å². The van der Waals surface area contributed by atoms with E-state index < -0.39 is 6.03 Å². The molecule has 0 aliphatic heterocycles. The number of urea groups is 1. The quantitative estimate of drug-likeness (QED) is 0.309. The van der Waals surface area contributed by atoms with Crippen LogP contribution in [0.5, 0.6) is 5.75 Å². The van der Waals surface area contributed by atoms with Gasteiger partial charge in [0.15, 0.2) is 6.61 Å². The summed E-state index contributed by atoms with van der Waals surface area (Å²) in [5.74, 6) is 0.198. The van der Waals surface area contributed by atoms with Crippen molar-refractivity contribution in [3.8, 4) is 5.75 Å². The molecule has 0 atom stereocenters. The second-order valence-corrected chi connectivity index (χ2v) is 7.88. The Hall–Kier alpha value is -3.65. The van der Waals surface area contributed by atoms with Crippen molar-refractivity contribution in [3.05, 3.63) is 87.9 Å². The molecule has 0 heterocycles. The smallest absolute Gasteiger partial charge is 0.339 e. The summed E-state index contributed by atoms with van der Waals surface area (Å²) in [7, 11) is 0. The van der Waals surface area contributed by atoms with E-state index in [1.807, 2.05) is 56.3 Å². The van der Waals surface area contributed by atoms with Gasteiger partial charge in [-0.3, -0.25) is 4.79 Å². The van der Waals surface area contributed by atoms with Crippen LogP contribution in [-0.2, 0) is 4.79 Å². The number of nitrogens with zero attached hydrogens (tertiary/aromatic N) is 1. The minimum Gasteiger partial charge on any atom is -0.483 e. The molecule has 3 rings (SSSR count). The highest BCUT2D eigenvalue weighted by molar-refractivity contribution is 9.10. The molecule has 32 heavy (non-hydrogen) atoms. The van der Waals surface area contributed by atoms with Crippen molar-refractivity contribution >= 4 is 45.5 Å². The third-order valence-electron chi connectivity index (χ3n) is 4.40. The van der Waals surface area contributed by atoms with Gasteiger partial charge in [-0.05, 0) is 61.9 Å². The molecule has 0 aliphatic carbocycles.